The third-order valence-corrected chi connectivity index (χ3v) is 3.27. The normalized spacial score (nSPS) is 19.6. The second-order valence-corrected chi connectivity index (χ2v) is 4.33. The summed E-state index contributed by atoms with van der Waals surface area (Å²) in [6.45, 7) is 6.46. The Balaban J connectivity index is 2.32. The Morgan fingerprint density at radius 2 is 2.25 bits per heavy atom. The van der Waals surface area contributed by atoms with Crippen molar-refractivity contribution < 1.29 is 9.84 Å². The van der Waals surface area contributed by atoms with Crippen LogP contribution in [0.1, 0.15) is 28.3 Å². The first-order valence-electron chi connectivity index (χ1n) is 5.75. The number of nitrogens with one attached hydrogen (secondary N) is 1. The standard InChI is InChI=1S/C13H19NO2/c1-9-3-4-11-7-16-8-12(14-5-6-15)13(11)10(9)2/h3-4,12,14-15H,5-8H2,1-2H3. The molecule has 2 rings (SSSR count). The molecule has 3 heteroatoms. The van der Waals surface area contributed by atoms with E-state index < -0.39 is 0 Å². The topological polar surface area (TPSA) is 41.5 Å². The second kappa shape index (κ2) is 4.95. The summed E-state index contributed by atoms with van der Waals surface area (Å²) in [5.74, 6) is 0. The number of aliphatic hydroxyl groups excluding tert-OH is 1. The first-order chi connectivity index (χ1) is 7.74. The van der Waals surface area contributed by atoms with Gasteiger partial charge >= 0.3 is 0 Å². The van der Waals surface area contributed by atoms with Crippen LogP contribution in [-0.4, -0.2) is 24.9 Å². The largest absolute Gasteiger partial charge is 0.395 e. The first-order valence-corrected chi connectivity index (χ1v) is 5.75. The molecule has 1 unspecified atom stereocenters. The van der Waals surface area contributed by atoms with E-state index in [-0.39, 0.29) is 12.6 Å². The lowest BCUT2D eigenvalue weighted by atomic mass is 9.91. The summed E-state index contributed by atoms with van der Waals surface area (Å²) in [7, 11) is 0. The molecule has 16 heavy (non-hydrogen) atoms. The molecule has 0 amide bonds. The average Bonchev–Trinajstić information content (AvgIpc) is 2.31. The van der Waals surface area contributed by atoms with Gasteiger partial charge in [-0.2, -0.15) is 0 Å². The molecular formula is C13H19NO2. The zero-order valence-corrected chi connectivity index (χ0v) is 9.92. The van der Waals surface area contributed by atoms with Gasteiger partial charge in [-0.15, -0.1) is 0 Å². The molecule has 1 heterocycles. The Kier molecular flexibility index (Phi) is 3.59. The lowest BCUT2D eigenvalue weighted by Crippen LogP contribution is -2.32. The molecule has 0 fully saturated rings. The molecule has 0 bridgehead atoms. The van der Waals surface area contributed by atoms with E-state index in [0.717, 1.165) is 0 Å². The Morgan fingerprint density at radius 1 is 1.44 bits per heavy atom. The molecule has 1 aromatic rings. The number of hydrogen-bond acceptors (Lipinski definition) is 3. The smallest absolute Gasteiger partial charge is 0.0721 e. The van der Waals surface area contributed by atoms with Crippen LogP contribution in [0.4, 0.5) is 0 Å². The van der Waals surface area contributed by atoms with Crippen LogP contribution in [0.3, 0.4) is 0 Å². The van der Waals surface area contributed by atoms with E-state index in [9.17, 15) is 0 Å². The zero-order chi connectivity index (χ0) is 11.5. The van der Waals surface area contributed by atoms with Gasteiger partial charge in [0, 0.05) is 6.54 Å². The fourth-order valence-electron chi connectivity index (χ4n) is 2.27. The van der Waals surface area contributed by atoms with Gasteiger partial charge in [-0.05, 0) is 36.1 Å². The Morgan fingerprint density at radius 3 is 3.00 bits per heavy atom. The van der Waals surface area contributed by atoms with Crippen molar-refractivity contribution in [2.75, 3.05) is 19.8 Å². The Hall–Kier alpha value is -0.900. The van der Waals surface area contributed by atoms with Gasteiger partial charge in [0.2, 0.25) is 0 Å². The van der Waals surface area contributed by atoms with Gasteiger partial charge in [0.05, 0.1) is 25.9 Å². The van der Waals surface area contributed by atoms with Crippen molar-refractivity contribution >= 4 is 0 Å². The summed E-state index contributed by atoms with van der Waals surface area (Å²) >= 11 is 0. The Labute approximate surface area is 96.4 Å². The van der Waals surface area contributed by atoms with E-state index >= 15 is 0 Å². The van der Waals surface area contributed by atoms with Crippen LogP contribution in [-0.2, 0) is 11.3 Å². The number of aryl methyl sites for hydroxylation is 1. The maximum absolute atomic E-state index is 8.87. The molecule has 3 nitrogen and oxygen atoms in total. The van der Waals surface area contributed by atoms with Crippen LogP contribution in [0.2, 0.25) is 0 Å². The number of hydrogen-bond donors (Lipinski definition) is 2. The minimum Gasteiger partial charge on any atom is -0.395 e. The molecule has 1 atom stereocenters. The summed E-state index contributed by atoms with van der Waals surface area (Å²) in [4.78, 5) is 0. The van der Waals surface area contributed by atoms with E-state index in [0.29, 0.717) is 19.8 Å². The van der Waals surface area contributed by atoms with Crippen LogP contribution in [0, 0.1) is 13.8 Å². The molecule has 2 N–H and O–H groups in total. The molecule has 0 spiro atoms. The highest BCUT2D eigenvalue weighted by molar-refractivity contribution is 5.42. The van der Waals surface area contributed by atoms with E-state index in [4.69, 9.17) is 9.84 Å². The maximum Gasteiger partial charge on any atom is 0.0721 e. The molecule has 1 aliphatic rings. The minimum atomic E-state index is 0.163. The number of aliphatic hydroxyl groups is 1. The predicted molar refractivity (Wildman–Crippen MR) is 63.4 cm³/mol. The summed E-state index contributed by atoms with van der Waals surface area (Å²) in [6.07, 6.45) is 0. The molecule has 0 saturated carbocycles. The highest BCUT2D eigenvalue weighted by atomic mass is 16.5. The lowest BCUT2D eigenvalue weighted by molar-refractivity contribution is 0.0802. The fourth-order valence-corrected chi connectivity index (χ4v) is 2.27. The molecule has 1 aliphatic heterocycles. The lowest BCUT2D eigenvalue weighted by Gasteiger charge is -2.29. The van der Waals surface area contributed by atoms with Gasteiger partial charge in [0.1, 0.15) is 0 Å². The van der Waals surface area contributed by atoms with Crippen molar-refractivity contribution in [3.63, 3.8) is 0 Å². The minimum absolute atomic E-state index is 0.163. The number of rotatable bonds is 3. The first kappa shape index (κ1) is 11.6. The summed E-state index contributed by atoms with van der Waals surface area (Å²) in [5.41, 5.74) is 5.29. The van der Waals surface area contributed by atoms with Crippen molar-refractivity contribution in [3.8, 4) is 0 Å². The van der Waals surface area contributed by atoms with E-state index in [1.807, 2.05) is 0 Å². The van der Waals surface area contributed by atoms with Crippen LogP contribution >= 0.6 is 0 Å². The van der Waals surface area contributed by atoms with Crippen LogP contribution in [0.5, 0.6) is 0 Å². The van der Waals surface area contributed by atoms with Gasteiger partial charge < -0.3 is 15.2 Å². The molecule has 0 radical (unpaired) electrons. The quantitative estimate of drug-likeness (QED) is 0.812. The highest BCUT2D eigenvalue weighted by Gasteiger charge is 2.22. The van der Waals surface area contributed by atoms with Crippen LogP contribution in [0.25, 0.3) is 0 Å². The van der Waals surface area contributed by atoms with Gasteiger partial charge in [-0.3, -0.25) is 0 Å². The number of benzene rings is 1. The van der Waals surface area contributed by atoms with Crippen molar-refractivity contribution in [1.29, 1.82) is 0 Å². The van der Waals surface area contributed by atoms with Crippen molar-refractivity contribution in [2.45, 2.75) is 26.5 Å². The van der Waals surface area contributed by atoms with Crippen molar-refractivity contribution in [1.82, 2.24) is 5.32 Å². The number of fused-ring (bicyclic) bond motifs is 1. The molecule has 0 saturated heterocycles. The molecular weight excluding hydrogens is 202 g/mol. The van der Waals surface area contributed by atoms with Gasteiger partial charge in [-0.1, -0.05) is 12.1 Å². The third-order valence-electron chi connectivity index (χ3n) is 3.27. The van der Waals surface area contributed by atoms with Gasteiger partial charge in [0.15, 0.2) is 0 Å². The van der Waals surface area contributed by atoms with Crippen LogP contribution < -0.4 is 5.32 Å². The van der Waals surface area contributed by atoms with Gasteiger partial charge in [-0.25, -0.2) is 0 Å². The van der Waals surface area contributed by atoms with Crippen molar-refractivity contribution in [2.24, 2.45) is 0 Å². The monoisotopic (exact) mass is 221 g/mol. The highest BCUT2D eigenvalue weighted by Crippen LogP contribution is 2.29. The summed E-state index contributed by atoms with van der Waals surface area (Å²) in [6, 6.07) is 4.51. The molecule has 0 aliphatic carbocycles. The second-order valence-electron chi connectivity index (χ2n) is 4.33. The molecule has 88 valence electrons. The van der Waals surface area contributed by atoms with E-state index in [1.165, 1.54) is 22.3 Å². The fraction of sp³-hybridized carbons (Fsp3) is 0.538. The predicted octanol–water partition coefficient (Wildman–Crippen LogP) is 1.46. The van der Waals surface area contributed by atoms with Crippen LogP contribution in [0.15, 0.2) is 12.1 Å². The SMILES string of the molecule is Cc1ccc2c(c1C)C(NCCO)COC2. The molecule has 1 aromatic carbocycles. The zero-order valence-electron chi connectivity index (χ0n) is 9.92. The average molecular weight is 221 g/mol. The number of ether oxygens (including phenoxy) is 1. The maximum atomic E-state index is 8.87. The Bertz CT molecular complexity index is 376. The van der Waals surface area contributed by atoms with Crippen molar-refractivity contribution in [3.05, 3.63) is 34.4 Å². The molecule has 0 aromatic heterocycles. The van der Waals surface area contributed by atoms with Gasteiger partial charge in [0.25, 0.3) is 0 Å². The summed E-state index contributed by atoms with van der Waals surface area (Å²) in [5, 5.41) is 12.2. The van der Waals surface area contributed by atoms with E-state index in [1.54, 1.807) is 0 Å². The van der Waals surface area contributed by atoms with E-state index in [2.05, 4.69) is 31.3 Å². The summed E-state index contributed by atoms with van der Waals surface area (Å²) < 4.78 is 5.56. The third kappa shape index (κ3) is 2.12.